The molecule has 1 atom stereocenters. The summed E-state index contributed by atoms with van der Waals surface area (Å²) < 4.78 is 5.33. The lowest BCUT2D eigenvalue weighted by Gasteiger charge is -2.10. The number of anilines is 1. The molecule has 6 nitrogen and oxygen atoms in total. The van der Waals surface area contributed by atoms with Crippen LogP contribution in [-0.4, -0.2) is 23.5 Å². The topological polar surface area (TPSA) is 91.3 Å². The number of thiazole rings is 1. The first-order valence-electron chi connectivity index (χ1n) is 6.71. The van der Waals surface area contributed by atoms with Gasteiger partial charge < -0.3 is 20.0 Å². The van der Waals surface area contributed by atoms with Gasteiger partial charge in [-0.15, -0.1) is 11.3 Å². The third-order valence-electron chi connectivity index (χ3n) is 2.93. The number of aromatic nitrogens is 1. The molecule has 0 aliphatic heterocycles. The first-order valence-corrected chi connectivity index (χ1v) is 7.59. The zero-order valence-electron chi connectivity index (χ0n) is 12.2. The van der Waals surface area contributed by atoms with Crippen LogP contribution in [-0.2, 0) is 4.79 Å². The second kappa shape index (κ2) is 7.04. The molecule has 0 aliphatic rings. The molecule has 0 bridgehead atoms. The van der Waals surface area contributed by atoms with Crippen LogP contribution in [0, 0.1) is 0 Å². The van der Waals surface area contributed by atoms with E-state index >= 15 is 0 Å². The van der Waals surface area contributed by atoms with Crippen molar-refractivity contribution in [1.82, 2.24) is 4.98 Å². The van der Waals surface area contributed by atoms with Gasteiger partial charge in [0.15, 0.2) is 0 Å². The van der Waals surface area contributed by atoms with Gasteiger partial charge in [-0.3, -0.25) is 4.79 Å². The minimum absolute atomic E-state index is 0.152. The number of ether oxygens (including phenoxy) is 1. The van der Waals surface area contributed by atoms with Crippen molar-refractivity contribution in [2.45, 2.75) is 19.8 Å². The largest absolute Gasteiger partial charge is 0.543 e. The van der Waals surface area contributed by atoms with Crippen molar-refractivity contribution in [3.63, 3.8) is 0 Å². The smallest absolute Gasteiger partial charge is 0.234 e. The van der Waals surface area contributed by atoms with Crippen LogP contribution in [0.4, 0.5) is 5.69 Å². The van der Waals surface area contributed by atoms with Gasteiger partial charge in [0.25, 0.3) is 0 Å². The minimum atomic E-state index is -1.35. The second-order valence-corrected chi connectivity index (χ2v) is 5.42. The Kier molecular flexibility index (Phi) is 5.11. The Labute approximate surface area is 131 Å². The van der Waals surface area contributed by atoms with E-state index in [1.165, 1.54) is 5.38 Å². The van der Waals surface area contributed by atoms with Crippen molar-refractivity contribution >= 4 is 28.9 Å². The second-order valence-electron chi connectivity index (χ2n) is 4.53. The van der Waals surface area contributed by atoms with Crippen molar-refractivity contribution in [1.29, 1.82) is 0 Å². The molecular weight excluding hydrogens is 304 g/mol. The van der Waals surface area contributed by atoms with Crippen LogP contribution in [0.3, 0.4) is 0 Å². The highest BCUT2D eigenvalue weighted by Crippen LogP contribution is 2.22. The molecule has 22 heavy (non-hydrogen) atoms. The zero-order chi connectivity index (χ0) is 16.1. The maximum Gasteiger partial charge on any atom is 0.234 e. The van der Waals surface area contributed by atoms with Crippen LogP contribution in [0.15, 0.2) is 29.6 Å². The Bertz CT molecular complexity index is 666. The molecule has 2 rings (SSSR count). The van der Waals surface area contributed by atoms with Gasteiger partial charge in [-0.2, -0.15) is 0 Å². The van der Waals surface area contributed by atoms with Crippen LogP contribution in [0.2, 0.25) is 0 Å². The number of carbonyl (C=O) groups excluding carboxylic acids is 2. The van der Waals surface area contributed by atoms with Gasteiger partial charge in [0.05, 0.1) is 24.2 Å². The van der Waals surface area contributed by atoms with Gasteiger partial charge in [0.1, 0.15) is 10.8 Å². The van der Waals surface area contributed by atoms with E-state index in [-0.39, 0.29) is 11.6 Å². The summed E-state index contributed by atoms with van der Waals surface area (Å²) >= 11 is 1.12. The molecule has 1 amide bonds. The normalized spacial score (nSPS) is 11.7. The van der Waals surface area contributed by atoms with Crippen LogP contribution in [0.25, 0.3) is 0 Å². The van der Waals surface area contributed by atoms with E-state index in [1.807, 2.05) is 6.92 Å². The lowest BCUT2D eigenvalue weighted by Crippen LogP contribution is -2.23. The Morgan fingerprint density at radius 2 is 2.05 bits per heavy atom. The summed E-state index contributed by atoms with van der Waals surface area (Å²) in [6, 6.07) is 7.01. The number of aromatic carboxylic acids is 1. The minimum Gasteiger partial charge on any atom is -0.543 e. The van der Waals surface area contributed by atoms with Crippen LogP contribution in [0.5, 0.6) is 5.75 Å². The maximum atomic E-state index is 12.2. The summed E-state index contributed by atoms with van der Waals surface area (Å²) in [5.74, 6) is -1.43. The molecule has 1 heterocycles. The van der Waals surface area contributed by atoms with Crippen molar-refractivity contribution < 1.29 is 19.4 Å². The van der Waals surface area contributed by atoms with Crippen molar-refractivity contribution in [3.8, 4) is 5.75 Å². The summed E-state index contributed by atoms with van der Waals surface area (Å²) in [7, 11) is 0. The maximum absolute atomic E-state index is 12.2. The molecule has 0 spiro atoms. The van der Waals surface area contributed by atoms with E-state index in [4.69, 9.17) is 4.74 Å². The number of carbonyl (C=O) groups is 2. The van der Waals surface area contributed by atoms with E-state index in [2.05, 4.69) is 10.3 Å². The van der Waals surface area contributed by atoms with E-state index < -0.39 is 11.9 Å². The van der Waals surface area contributed by atoms with Gasteiger partial charge in [-0.25, -0.2) is 4.98 Å². The predicted octanol–water partition coefficient (Wildman–Crippen LogP) is 1.65. The summed E-state index contributed by atoms with van der Waals surface area (Å²) in [4.78, 5) is 26.8. The molecule has 1 N–H and O–H groups in total. The highest BCUT2D eigenvalue weighted by Gasteiger charge is 2.19. The number of amides is 1. The van der Waals surface area contributed by atoms with E-state index in [1.54, 1.807) is 31.2 Å². The number of rotatable bonds is 6. The van der Waals surface area contributed by atoms with Gasteiger partial charge in [-0.05, 0) is 38.1 Å². The predicted molar refractivity (Wildman–Crippen MR) is 81.1 cm³/mol. The van der Waals surface area contributed by atoms with Crippen molar-refractivity contribution in [2.75, 3.05) is 11.9 Å². The standard InChI is InChI=1S/C15H16N2O4S/c1-3-21-11-6-4-10(5-7-11)16-13(18)9(2)14-17-12(8-22-14)15(19)20/h4-9H,3H2,1-2H3,(H,16,18)(H,19,20)/p-1/t9-/m0/s1. The molecule has 0 radical (unpaired) electrons. The van der Waals surface area contributed by atoms with E-state index in [0.717, 1.165) is 17.1 Å². The molecule has 2 aromatic rings. The van der Waals surface area contributed by atoms with Gasteiger partial charge in [0.2, 0.25) is 5.91 Å². The summed E-state index contributed by atoms with van der Waals surface area (Å²) in [5.41, 5.74) is 0.484. The lowest BCUT2D eigenvalue weighted by atomic mass is 10.1. The fourth-order valence-electron chi connectivity index (χ4n) is 1.74. The zero-order valence-corrected chi connectivity index (χ0v) is 13.0. The Morgan fingerprint density at radius 3 is 2.59 bits per heavy atom. The molecule has 0 fully saturated rings. The van der Waals surface area contributed by atoms with Gasteiger partial charge in [-0.1, -0.05) is 0 Å². The monoisotopic (exact) mass is 319 g/mol. The quantitative estimate of drug-likeness (QED) is 0.874. The number of benzene rings is 1. The Hall–Kier alpha value is -2.41. The summed E-state index contributed by atoms with van der Waals surface area (Å²) in [5, 5.41) is 15.3. The Morgan fingerprint density at radius 1 is 1.36 bits per heavy atom. The Balaban J connectivity index is 2.02. The number of nitrogens with one attached hydrogen (secondary N) is 1. The summed E-state index contributed by atoms with van der Waals surface area (Å²) in [6.07, 6.45) is 0. The molecule has 0 saturated heterocycles. The molecular formula is C15H15N2O4S-. The van der Waals surface area contributed by atoms with Gasteiger partial charge in [0, 0.05) is 11.1 Å². The highest BCUT2D eigenvalue weighted by atomic mass is 32.1. The average molecular weight is 319 g/mol. The SMILES string of the molecule is CCOc1ccc(NC(=O)[C@H](C)c2nc(C(=O)[O-])cs2)cc1. The molecule has 1 aromatic carbocycles. The highest BCUT2D eigenvalue weighted by molar-refractivity contribution is 7.10. The van der Waals surface area contributed by atoms with Crippen molar-refractivity contribution in [3.05, 3.63) is 40.3 Å². The number of hydrogen-bond acceptors (Lipinski definition) is 6. The van der Waals surface area contributed by atoms with Gasteiger partial charge >= 0.3 is 0 Å². The van der Waals surface area contributed by atoms with Crippen LogP contribution in [0.1, 0.15) is 35.3 Å². The molecule has 0 saturated carbocycles. The number of nitrogens with zero attached hydrogens (tertiary/aromatic N) is 1. The third kappa shape index (κ3) is 3.82. The first-order chi connectivity index (χ1) is 10.5. The average Bonchev–Trinajstić information content (AvgIpc) is 2.99. The van der Waals surface area contributed by atoms with E-state index in [0.29, 0.717) is 17.3 Å². The third-order valence-corrected chi connectivity index (χ3v) is 3.96. The number of carboxylic acids is 1. The molecule has 7 heteroatoms. The molecule has 116 valence electrons. The first kappa shape index (κ1) is 16.0. The summed E-state index contributed by atoms with van der Waals surface area (Å²) in [6.45, 7) is 4.14. The number of carboxylic acid groups (broad SMARTS) is 1. The molecule has 1 aromatic heterocycles. The van der Waals surface area contributed by atoms with E-state index in [9.17, 15) is 14.7 Å². The van der Waals surface area contributed by atoms with Crippen LogP contribution < -0.4 is 15.2 Å². The molecule has 0 aliphatic carbocycles. The fourth-order valence-corrected chi connectivity index (χ4v) is 2.59. The fraction of sp³-hybridized carbons (Fsp3) is 0.267. The van der Waals surface area contributed by atoms with Crippen molar-refractivity contribution in [2.24, 2.45) is 0 Å². The number of hydrogen-bond donors (Lipinski definition) is 1. The molecule has 0 unspecified atom stereocenters. The lowest BCUT2D eigenvalue weighted by molar-refractivity contribution is -0.255. The van der Waals surface area contributed by atoms with Crippen LogP contribution >= 0.6 is 11.3 Å².